The number of methoxy groups -OCH3 is 2. The molecule has 0 unspecified atom stereocenters. The van der Waals surface area contributed by atoms with Crippen molar-refractivity contribution in [2.75, 3.05) is 19.1 Å². The van der Waals surface area contributed by atoms with E-state index in [4.69, 9.17) is 9.47 Å². The smallest absolute Gasteiger partial charge is 0.270 e. The minimum Gasteiger partial charge on any atom is -0.493 e. The van der Waals surface area contributed by atoms with E-state index in [-0.39, 0.29) is 22.8 Å². The van der Waals surface area contributed by atoms with Crippen LogP contribution in [-0.4, -0.2) is 48.6 Å². The average Bonchev–Trinajstić information content (AvgIpc) is 3.49. The molecule has 2 heterocycles. The van der Waals surface area contributed by atoms with Crippen molar-refractivity contribution in [1.82, 2.24) is 0 Å². The molecule has 1 fully saturated rings. The van der Waals surface area contributed by atoms with E-state index in [0.29, 0.717) is 33.9 Å². The Labute approximate surface area is 252 Å². The molecule has 1 saturated heterocycles. The number of Topliss-reactive ketones (excluding diaryl/α,β-unsaturated/α-hetero) is 3. The number of fused-ring (bicyclic) bond motifs is 5. The van der Waals surface area contributed by atoms with E-state index < -0.39 is 34.1 Å². The lowest BCUT2D eigenvalue weighted by Crippen LogP contribution is -2.48. The van der Waals surface area contributed by atoms with Crippen molar-refractivity contribution in [2.24, 2.45) is 5.41 Å². The SMILES string of the molecule is COc1cccc([C@H]2[C@H](C(=O)c3cccc([N+](=O)[O-])c3)N3c4ccccc4C=C[C@H]3C23C(=O)c2ccccc2C3=O)c1OC. The number of para-hydroxylation sites is 2. The van der Waals surface area contributed by atoms with E-state index >= 15 is 0 Å². The van der Waals surface area contributed by atoms with Gasteiger partial charge in [0.1, 0.15) is 11.5 Å². The molecule has 9 heteroatoms. The van der Waals surface area contributed by atoms with Crippen LogP contribution in [0.15, 0.2) is 97.1 Å². The average molecular weight is 587 g/mol. The predicted molar refractivity (Wildman–Crippen MR) is 163 cm³/mol. The highest BCUT2D eigenvalue weighted by Crippen LogP contribution is 2.62. The van der Waals surface area contributed by atoms with Crippen LogP contribution in [0.3, 0.4) is 0 Å². The molecule has 0 amide bonds. The second kappa shape index (κ2) is 10.0. The Bertz CT molecular complexity index is 1890. The summed E-state index contributed by atoms with van der Waals surface area (Å²) in [5, 5.41) is 11.7. The summed E-state index contributed by atoms with van der Waals surface area (Å²) in [6.07, 6.45) is 3.70. The zero-order valence-electron chi connectivity index (χ0n) is 23.8. The molecular formula is C35H26N2O7. The van der Waals surface area contributed by atoms with E-state index in [1.165, 1.54) is 38.5 Å². The number of ether oxygens (including phenoxy) is 2. The van der Waals surface area contributed by atoms with Gasteiger partial charge in [0.15, 0.2) is 28.8 Å². The van der Waals surface area contributed by atoms with Gasteiger partial charge < -0.3 is 14.4 Å². The van der Waals surface area contributed by atoms with Crippen LogP contribution < -0.4 is 14.4 Å². The van der Waals surface area contributed by atoms with Crippen LogP contribution in [0.25, 0.3) is 6.08 Å². The molecule has 2 aliphatic heterocycles. The highest BCUT2D eigenvalue weighted by Gasteiger charge is 2.72. The molecule has 218 valence electrons. The first-order valence-corrected chi connectivity index (χ1v) is 14.1. The number of carbonyl (C=O) groups excluding carboxylic acids is 3. The maximum absolute atomic E-state index is 14.9. The molecule has 1 spiro atoms. The number of nitro groups is 1. The summed E-state index contributed by atoms with van der Waals surface area (Å²) in [6, 6.07) is 22.9. The zero-order valence-corrected chi connectivity index (χ0v) is 23.8. The third-order valence-corrected chi connectivity index (χ3v) is 9.09. The van der Waals surface area contributed by atoms with Crippen molar-refractivity contribution in [1.29, 1.82) is 0 Å². The van der Waals surface area contributed by atoms with Gasteiger partial charge in [0.2, 0.25) is 0 Å². The van der Waals surface area contributed by atoms with Crippen molar-refractivity contribution < 1.29 is 28.8 Å². The topological polar surface area (TPSA) is 116 Å². The zero-order chi connectivity index (χ0) is 30.7. The summed E-state index contributed by atoms with van der Waals surface area (Å²) < 4.78 is 11.5. The first-order chi connectivity index (χ1) is 21.3. The molecule has 4 aromatic carbocycles. The Balaban J connectivity index is 1.58. The number of nitrogens with zero attached hydrogens (tertiary/aromatic N) is 2. The number of hydrogen-bond acceptors (Lipinski definition) is 8. The molecule has 7 rings (SSSR count). The summed E-state index contributed by atoms with van der Waals surface area (Å²) in [5.74, 6) is -1.63. The Kier molecular flexibility index (Phi) is 6.21. The fourth-order valence-corrected chi connectivity index (χ4v) is 7.36. The second-order valence-corrected chi connectivity index (χ2v) is 11.0. The maximum atomic E-state index is 14.9. The normalized spacial score (nSPS) is 20.7. The largest absolute Gasteiger partial charge is 0.493 e. The van der Waals surface area contributed by atoms with Crippen LogP contribution in [0, 0.1) is 15.5 Å². The van der Waals surface area contributed by atoms with Gasteiger partial charge in [-0.15, -0.1) is 0 Å². The van der Waals surface area contributed by atoms with Gasteiger partial charge in [0, 0.05) is 46.0 Å². The van der Waals surface area contributed by atoms with Gasteiger partial charge in [-0.05, 0) is 17.7 Å². The van der Waals surface area contributed by atoms with Crippen molar-refractivity contribution in [2.45, 2.75) is 18.0 Å². The number of carbonyl (C=O) groups is 3. The Morgan fingerprint density at radius 3 is 2.23 bits per heavy atom. The highest BCUT2D eigenvalue weighted by atomic mass is 16.6. The molecule has 4 aromatic rings. The standard InChI is InChI=1S/C35H26N2O7/c1-43-27-16-8-14-25(32(27)44-2)29-30(31(38)21-10-7-11-22(19-21)37(41)42)36-26-15-6-3-9-20(26)17-18-28(36)35(29)33(39)23-12-4-5-13-24(23)34(35)40/h3-19,28-30H,1-2H3/t28-,29-,30+/m0/s1. The van der Waals surface area contributed by atoms with E-state index in [0.717, 1.165) is 5.56 Å². The quantitative estimate of drug-likeness (QED) is 0.118. The maximum Gasteiger partial charge on any atom is 0.270 e. The third-order valence-electron chi connectivity index (χ3n) is 9.09. The lowest BCUT2D eigenvalue weighted by Gasteiger charge is -2.37. The Morgan fingerprint density at radius 1 is 0.864 bits per heavy atom. The molecule has 9 nitrogen and oxygen atoms in total. The van der Waals surface area contributed by atoms with Crippen LogP contribution in [-0.2, 0) is 0 Å². The second-order valence-electron chi connectivity index (χ2n) is 11.0. The molecular weight excluding hydrogens is 560 g/mol. The molecule has 0 N–H and O–H groups in total. The Morgan fingerprint density at radius 2 is 1.55 bits per heavy atom. The molecule has 44 heavy (non-hydrogen) atoms. The lowest BCUT2D eigenvalue weighted by molar-refractivity contribution is -0.384. The van der Waals surface area contributed by atoms with Crippen LogP contribution in [0.1, 0.15) is 48.1 Å². The van der Waals surface area contributed by atoms with Gasteiger partial charge >= 0.3 is 0 Å². The van der Waals surface area contributed by atoms with E-state index in [2.05, 4.69) is 0 Å². The highest BCUT2D eigenvalue weighted by molar-refractivity contribution is 6.32. The number of nitro benzene ring substituents is 1. The molecule has 1 aliphatic carbocycles. The minimum atomic E-state index is -1.76. The van der Waals surface area contributed by atoms with Gasteiger partial charge in [0.05, 0.1) is 25.2 Å². The van der Waals surface area contributed by atoms with Crippen LogP contribution in [0.4, 0.5) is 11.4 Å². The third kappa shape index (κ3) is 3.55. The molecule has 0 aromatic heterocycles. The summed E-state index contributed by atoms with van der Waals surface area (Å²) in [4.78, 5) is 57.5. The van der Waals surface area contributed by atoms with Gasteiger partial charge in [-0.1, -0.05) is 78.9 Å². The number of anilines is 1. The van der Waals surface area contributed by atoms with Crippen LogP contribution in [0.2, 0.25) is 0 Å². The lowest BCUT2D eigenvalue weighted by atomic mass is 9.64. The molecule has 3 aliphatic rings. The van der Waals surface area contributed by atoms with E-state index in [9.17, 15) is 24.5 Å². The van der Waals surface area contributed by atoms with E-state index in [1.54, 1.807) is 42.5 Å². The van der Waals surface area contributed by atoms with Gasteiger partial charge in [-0.3, -0.25) is 24.5 Å². The van der Waals surface area contributed by atoms with Crippen molar-refractivity contribution in [3.63, 3.8) is 0 Å². The fraction of sp³-hybridized carbons (Fsp3) is 0.171. The van der Waals surface area contributed by atoms with Crippen molar-refractivity contribution in [3.05, 3.63) is 135 Å². The Hall–Kier alpha value is -5.57. The minimum absolute atomic E-state index is 0.0920. The summed E-state index contributed by atoms with van der Waals surface area (Å²) in [6.45, 7) is 0. The number of hydrogen-bond donors (Lipinski definition) is 0. The number of rotatable bonds is 6. The molecule has 3 atom stereocenters. The monoisotopic (exact) mass is 586 g/mol. The predicted octanol–water partition coefficient (Wildman–Crippen LogP) is 5.93. The molecule has 0 saturated carbocycles. The van der Waals surface area contributed by atoms with Gasteiger partial charge in [-0.2, -0.15) is 0 Å². The van der Waals surface area contributed by atoms with Crippen molar-refractivity contribution >= 4 is 34.8 Å². The first kappa shape index (κ1) is 27.3. The van der Waals surface area contributed by atoms with Crippen molar-refractivity contribution in [3.8, 4) is 11.5 Å². The van der Waals surface area contributed by atoms with Gasteiger partial charge in [0.25, 0.3) is 5.69 Å². The van der Waals surface area contributed by atoms with E-state index in [1.807, 2.05) is 41.3 Å². The van der Waals surface area contributed by atoms with Crippen LogP contribution >= 0.6 is 0 Å². The summed E-state index contributed by atoms with van der Waals surface area (Å²) >= 11 is 0. The number of benzene rings is 4. The number of non-ortho nitro benzene ring substituents is 1. The summed E-state index contributed by atoms with van der Waals surface area (Å²) in [7, 11) is 2.96. The number of ketones is 3. The van der Waals surface area contributed by atoms with Crippen LogP contribution in [0.5, 0.6) is 11.5 Å². The molecule has 0 radical (unpaired) electrons. The fourth-order valence-electron chi connectivity index (χ4n) is 7.36. The van der Waals surface area contributed by atoms with Gasteiger partial charge in [-0.25, -0.2) is 0 Å². The molecule has 0 bridgehead atoms. The summed E-state index contributed by atoms with van der Waals surface area (Å²) in [5.41, 5.74) is 0.609. The first-order valence-electron chi connectivity index (χ1n) is 14.1.